The van der Waals surface area contributed by atoms with E-state index in [4.69, 9.17) is 0 Å². The second kappa shape index (κ2) is 5.50. The number of rotatable bonds is 2. The average Bonchev–Trinajstić information content (AvgIpc) is 2.79. The highest BCUT2D eigenvalue weighted by Gasteiger charge is 2.37. The fourth-order valence-corrected chi connectivity index (χ4v) is 3.24. The maximum absolute atomic E-state index is 13.2. The van der Waals surface area contributed by atoms with E-state index in [1.807, 2.05) is 0 Å². The van der Waals surface area contributed by atoms with Gasteiger partial charge >= 0.3 is 6.18 Å². The van der Waals surface area contributed by atoms with E-state index in [1.54, 1.807) is 6.07 Å². The van der Waals surface area contributed by atoms with Crippen LogP contribution < -0.4 is 0 Å². The first-order chi connectivity index (χ1) is 10.3. The summed E-state index contributed by atoms with van der Waals surface area (Å²) in [5, 5.41) is 0. The van der Waals surface area contributed by atoms with Gasteiger partial charge in [0.1, 0.15) is 0 Å². The minimum Gasteiger partial charge on any atom is -0.299 e. The van der Waals surface area contributed by atoms with Gasteiger partial charge in [-0.3, -0.25) is 9.69 Å². The zero-order valence-electron chi connectivity index (χ0n) is 12.3. The number of hydrogen-bond donors (Lipinski definition) is 0. The van der Waals surface area contributed by atoms with E-state index in [9.17, 15) is 18.0 Å². The van der Waals surface area contributed by atoms with Gasteiger partial charge < -0.3 is 0 Å². The van der Waals surface area contributed by atoms with Crippen LogP contribution in [-0.4, -0.2) is 30.1 Å². The minimum atomic E-state index is -4.48. The van der Waals surface area contributed by atoms with Crippen LogP contribution in [0.2, 0.25) is 0 Å². The molecule has 118 valence electrons. The summed E-state index contributed by atoms with van der Waals surface area (Å²) in [4.78, 5) is 17.3. The van der Waals surface area contributed by atoms with Crippen molar-refractivity contribution in [1.82, 2.24) is 4.90 Å². The average molecular weight is 310 g/mol. The van der Waals surface area contributed by atoms with E-state index >= 15 is 0 Å². The number of alkyl halides is 3. The van der Waals surface area contributed by atoms with Crippen molar-refractivity contribution < 1.29 is 18.0 Å². The molecular formula is C16H17F3N2O. The molecular weight excluding hydrogens is 293 g/mol. The van der Waals surface area contributed by atoms with Gasteiger partial charge in [0.05, 0.1) is 11.1 Å². The maximum atomic E-state index is 13.2. The van der Waals surface area contributed by atoms with Crippen molar-refractivity contribution in [2.45, 2.75) is 32.5 Å². The number of halogens is 3. The largest absolute Gasteiger partial charge is 0.417 e. The molecule has 1 fully saturated rings. The molecule has 0 N–H and O–H groups in total. The van der Waals surface area contributed by atoms with Gasteiger partial charge in [0.25, 0.3) is 5.91 Å². The molecule has 3 nitrogen and oxygen atoms in total. The predicted octanol–water partition coefficient (Wildman–Crippen LogP) is 3.51. The normalized spacial score (nSPS) is 22.2. The molecule has 2 aliphatic rings. The Morgan fingerprint density at radius 2 is 2.14 bits per heavy atom. The molecule has 0 unspecified atom stereocenters. The van der Waals surface area contributed by atoms with E-state index in [0.29, 0.717) is 18.0 Å². The number of aliphatic imine (C=N–C) groups is 1. The number of fused-ring (bicyclic) bond motifs is 1. The Morgan fingerprint density at radius 1 is 1.36 bits per heavy atom. The zero-order valence-corrected chi connectivity index (χ0v) is 12.3. The third-order valence-electron chi connectivity index (χ3n) is 4.23. The zero-order chi connectivity index (χ0) is 15.9. The first-order valence-corrected chi connectivity index (χ1v) is 7.39. The van der Waals surface area contributed by atoms with Crippen molar-refractivity contribution in [2.75, 3.05) is 13.1 Å². The molecule has 1 aromatic rings. The summed E-state index contributed by atoms with van der Waals surface area (Å²) < 4.78 is 39.6. The van der Waals surface area contributed by atoms with Crippen LogP contribution in [0.15, 0.2) is 17.1 Å². The molecule has 0 aliphatic carbocycles. The lowest BCUT2D eigenvalue weighted by Crippen LogP contribution is -2.33. The molecule has 1 amide bonds. The standard InChI is InChI=1S/C16H17F3N2O/c1-10-3-2-4-21(8-10)9-11-5-12-13(7-20-15(12)22)14(6-11)16(17,18)19/h5-7,10H,2-4,8-9H2,1H3/t10-/m0/s1. The van der Waals surface area contributed by atoms with Crippen molar-refractivity contribution in [1.29, 1.82) is 0 Å². The Labute approximate surface area is 126 Å². The van der Waals surface area contributed by atoms with E-state index < -0.39 is 17.6 Å². The van der Waals surface area contributed by atoms with Crippen LogP contribution in [0.1, 0.15) is 46.8 Å². The highest BCUT2D eigenvalue weighted by Crippen LogP contribution is 2.35. The SMILES string of the molecule is C[C@H]1CCCN(Cc2cc3c(c(C(F)(F)F)c2)C=NC3=O)C1. The summed E-state index contributed by atoms with van der Waals surface area (Å²) in [6, 6.07) is 2.71. The molecule has 1 atom stereocenters. The van der Waals surface area contributed by atoms with Gasteiger partial charge in [-0.1, -0.05) is 6.92 Å². The molecule has 1 aromatic carbocycles. The molecule has 1 saturated heterocycles. The lowest BCUT2D eigenvalue weighted by atomic mass is 9.96. The van der Waals surface area contributed by atoms with Crippen molar-refractivity contribution in [3.05, 3.63) is 34.4 Å². The van der Waals surface area contributed by atoms with Gasteiger partial charge in [-0.25, -0.2) is 4.99 Å². The fourth-order valence-electron chi connectivity index (χ4n) is 3.24. The summed E-state index contributed by atoms with van der Waals surface area (Å²) in [6.45, 7) is 4.34. The van der Waals surface area contributed by atoms with Crippen LogP contribution in [-0.2, 0) is 12.7 Å². The lowest BCUT2D eigenvalue weighted by Gasteiger charge is -2.31. The van der Waals surface area contributed by atoms with E-state index in [0.717, 1.165) is 38.2 Å². The fraction of sp³-hybridized carbons (Fsp3) is 0.500. The van der Waals surface area contributed by atoms with Crippen molar-refractivity contribution in [2.24, 2.45) is 10.9 Å². The van der Waals surface area contributed by atoms with Crippen molar-refractivity contribution in [3.8, 4) is 0 Å². The number of amides is 1. The first kappa shape index (κ1) is 15.2. The number of carbonyl (C=O) groups excluding carboxylic acids is 1. The van der Waals surface area contributed by atoms with Gasteiger partial charge in [0, 0.05) is 24.9 Å². The van der Waals surface area contributed by atoms with Gasteiger partial charge in [-0.05, 0) is 43.0 Å². The molecule has 2 heterocycles. The topological polar surface area (TPSA) is 32.7 Å². The smallest absolute Gasteiger partial charge is 0.299 e. The number of likely N-dealkylation sites (tertiary alicyclic amines) is 1. The quantitative estimate of drug-likeness (QED) is 0.837. The molecule has 0 saturated carbocycles. The predicted molar refractivity (Wildman–Crippen MR) is 77.0 cm³/mol. The maximum Gasteiger partial charge on any atom is 0.417 e. The molecule has 6 heteroatoms. The first-order valence-electron chi connectivity index (χ1n) is 7.39. The van der Waals surface area contributed by atoms with Gasteiger partial charge in [0.15, 0.2) is 0 Å². The molecule has 0 aromatic heterocycles. The molecule has 0 bridgehead atoms. The van der Waals surface area contributed by atoms with Crippen LogP contribution >= 0.6 is 0 Å². The molecule has 2 aliphatic heterocycles. The highest BCUT2D eigenvalue weighted by atomic mass is 19.4. The van der Waals surface area contributed by atoms with Crippen LogP contribution in [0, 0.1) is 5.92 Å². The van der Waals surface area contributed by atoms with E-state index in [-0.39, 0.29) is 11.1 Å². The van der Waals surface area contributed by atoms with E-state index in [2.05, 4.69) is 16.8 Å². The van der Waals surface area contributed by atoms with Crippen LogP contribution in [0.25, 0.3) is 0 Å². The lowest BCUT2D eigenvalue weighted by molar-refractivity contribution is -0.137. The van der Waals surface area contributed by atoms with Gasteiger partial charge in [-0.2, -0.15) is 13.2 Å². The summed E-state index contributed by atoms with van der Waals surface area (Å²) >= 11 is 0. The molecule has 0 radical (unpaired) electrons. The van der Waals surface area contributed by atoms with Gasteiger partial charge in [0.2, 0.25) is 0 Å². The summed E-state index contributed by atoms with van der Waals surface area (Å²) in [6.07, 6.45) is -1.25. The molecule has 22 heavy (non-hydrogen) atoms. The number of hydrogen-bond acceptors (Lipinski definition) is 2. The third kappa shape index (κ3) is 2.92. The Balaban J connectivity index is 1.93. The Morgan fingerprint density at radius 3 is 2.82 bits per heavy atom. The third-order valence-corrected chi connectivity index (χ3v) is 4.23. The second-order valence-corrected chi connectivity index (χ2v) is 6.15. The highest BCUT2D eigenvalue weighted by molar-refractivity contribution is 6.13. The van der Waals surface area contributed by atoms with Gasteiger partial charge in [-0.15, -0.1) is 0 Å². The Bertz CT molecular complexity index is 637. The van der Waals surface area contributed by atoms with Crippen LogP contribution in [0.4, 0.5) is 13.2 Å². The number of carbonyl (C=O) groups is 1. The monoisotopic (exact) mass is 310 g/mol. The number of nitrogens with zero attached hydrogens (tertiary/aromatic N) is 2. The number of benzene rings is 1. The summed E-state index contributed by atoms with van der Waals surface area (Å²) in [7, 11) is 0. The second-order valence-electron chi connectivity index (χ2n) is 6.15. The Kier molecular flexibility index (Phi) is 3.80. The van der Waals surface area contributed by atoms with Crippen LogP contribution in [0.3, 0.4) is 0 Å². The molecule has 0 spiro atoms. The number of piperidine rings is 1. The van der Waals surface area contributed by atoms with E-state index in [1.165, 1.54) is 0 Å². The van der Waals surface area contributed by atoms with Crippen molar-refractivity contribution in [3.63, 3.8) is 0 Å². The van der Waals surface area contributed by atoms with Crippen molar-refractivity contribution >= 4 is 12.1 Å². The minimum absolute atomic E-state index is 0.0647. The molecule has 3 rings (SSSR count). The summed E-state index contributed by atoms with van der Waals surface area (Å²) in [5.41, 5.74) is -0.276. The summed E-state index contributed by atoms with van der Waals surface area (Å²) in [5.74, 6) is -0.0374. The Hall–Kier alpha value is -1.69. The van der Waals surface area contributed by atoms with Crippen LogP contribution in [0.5, 0.6) is 0 Å².